The molecule has 5 rings (SSSR count). The van der Waals surface area contributed by atoms with Gasteiger partial charge in [0.2, 0.25) is 5.91 Å². The topological polar surface area (TPSA) is 124 Å². The smallest absolute Gasteiger partial charge is 0.240 e. The molecule has 248 valence electrons. The van der Waals surface area contributed by atoms with Crippen LogP contribution in [0, 0.1) is 17.8 Å². The van der Waals surface area contributed by atoms with E-state index in [1.54, 1.807) is 18.0 Å². The number of nitrogens with zero attached hydrogens (tertiary/aromatic N) is 1. The highest BCUT2D eigenvalue weighted by Crippen LogP contribution is 2.36. The number of thioether (sulfide) groups is 2. The number of hydrogen-bond donors (Lipinski definition) is 5. The van der Waals surface area contributed by atoms with Gasteiger partial charge in [-0.25, -0.2) is 0 Å². The molecule has 0 bridgehead atoms. The molecule has 0 saturated carbocycles. The third-order valence-corrected chi connectivity index (χ3v) is 11.9. The quantitative estimate of drug-likeness (QED) is 0.228. The van der Waals surface area contributed by atoms with Crippen molar-refractivity contribution in [3.63, 3.8) is 0 Å². The van der Waals surface area contributed by atoms with Crippen molar-refractivity contribution >= 4 is 29.4 Å². The first-order chi connectivity index (χ1) is 21.1. The van der Waals surface area contributed by atoms with E-state index in [2.05, 4.69) is 53.6 Å². The lowest BCUT2D eigenvalue weighted by molar-refractivity contribution is -0.205. The summed E-state index contributed by atoms with van der Waals surface area (Å²) in [5.41, 5.74) is 0.553. The zero-order chi connectivity index (χ0) is 31.4. The molecule has 2 unspecified atom stereocenters. The number of carbonyl (C=O) groups is 1. The number of amides is 1. The summed E-state index contributed by atoms with van der Waals surface area (Å²) >= 11 is 2.88. The maximum absolute atomic E-state index is 14.0. The highest BCUT2D eigenvalue weighted by Gasteiger charge is 2.50. The minimum absolute atomic E-state index is 0.185. The van der Waals surface area contributed by atoms with Crippen LogP contribution in [-0.4, -0.2) is 112 Å². The SMILES string of the molecule is CSC1O[C@H]([C@H](NC(=O)[C@H]2NC[C@@H]3C[C@H](CC(C)C)CCO[C@H]32)[C@H](C)Sc2ccc(CN3CCCC3)cc2)C(O)[C@@H](O)[C@H]1O. The Balaban J connectivity index is 1.30. The Morgan fingerprint density at radius 2 is 1.82 bits per heavy atom. The molecule has 11 atom stereocenters. The van der Waals surface area contributed by atoms with Crippen molar-refractivity contribution in [2.45, 2.75) is 118 Å². The van der Waals surface area contributed by atoms with Gasteiger partial charge in [0.1, 0.15) is 35.9 Å². The van der Waals surface area contributed by atoms with Gasteiger partial charge in [-0.1, -0.05) is 32.9 Å². The number of nitrogens with one attached hydrogen (secondary N) is 2. The van der Waals surface area contributed by atoms with Gasteiger partial charge in [-0.05, 0) is 86.9 Å². The van der Waals surface area contributed by atoms with E-state index in [0.717, 1.165) is 43.9 Å². The largest absolute Gasteiger partial charge is 0.388 e. The van der Waals surface area contributed by atoms with Crippen LogP contribution in [0.5, 0.6) is 0 Å². The van der Waals surface area contributed by atoms with Gasteiger partial charge in [-0.3, -0.25) is 9.69 Å². The zero-order valence-electron chi connectivity index (χ0n) is 26.6. The van der Waals surface area contributed by atoms with Gasteiger partial charge in [0.05, 0.1) is 12.1 Å². The van der Waals surface area contributed by atoms with Gasteiger partial charge >= 0.3 is 0 Å². The minimum Gasteiger partial charge on any atom is -0.388 e. The summed E-state index contributed by atoms with van der Waals surface area (Å²) in [5.74, 6) is 1.32. The molecule has 0 aromatic heterocycles. The Labute approximate surface area is 271 Å². The molecular weight excluding hydrogens is 599 g/mol. The summed E-state index contributed by atoms with van der Waals surface area (Å²) in [6, 6.07) is 7.41. The molecule has 1 aromatic carbocycles. The molecule has 11 heteroatoms. The molecule has 5 N–H and O–H groups in total. The maximum Gasteiger partial charge on any atom is 0.240 e. The highest BCUT2D eigenvalue weighted by molar-refractivity contribution is 8.00. The minimum atomic E-state index is -1.38. The van der Waals surface area contributed by atoms with E-state index in [1.165, 1.54) is 36.6 Å². The Kier molecular flexibility index (Phi) is 12.4. The molecule has 0 spiro atoms. The molecule has 4 heterocycles. The van der Waals surface area contributed by atoms with Crippen molar-refractivity contribution in [1.29, 1.82) is 0 Å². The number of rotatable bonds is 11. The van der Waals surface area contributed by atoms with E-state index in [9.17, 15) is 20.1 Å². The molecule has 1 amide bonds. The lowest BCUT2D eigenvalue weighted by Crippen LogP contribution is -2.65. The monoisotopic (exact) mass is 651 g/mol. The Hall–Kier alpha value is -0.890. The summed E-state index contributed by atoms with van der Waals surface area (Å²) in [5, 5.41) is 38.8. The number of ether oxygens (including phenoxy) is 2. The molecule has 0 radical (unpaired) electrons. The summed E-state index contributed by atoms with van der Waals surface area (Å²) in [4.78, 5) is 17.5. The van der Waals surface area contributed by atoms with E-state index in [0.29, 0.717) is 18.4 Å². The number of aliphatic hydroxyl groups is 3. The van der Waals surface area contributed by atoms with Gasteiger partial charge in [-0.2, -0.15) is 0 Å². The van der Waals surface area contributed by atoms with Crippen molar-refractivity contribution in [2.24, 2.45) is 17.8 Å². The van der Waals surface area contributed by atoms with Gasteiger partial charge in [0.15, 0.2) is 0 Å². The van der Waals surface area contributed by atoms with Crippen LogP contribution in [0.2, 0.25) is 0 Å². The molecule has 1 aromatic rings. The van der Waals surface area contributed by atoms with Crippen molar-refractivity contribution in [3.05, 3.63) is 29.8 Å². The van der Waals surface area contributed by atoms with Crippen LogP contribution in [-0.2, 0) is 20.8 Å². The third kappa shape index (κ3) is 8.33. The summed E-state index contributed by atoms with van der Waals surface area (Å²) in [6.45, 7) is 11.2. The first kappa shape index (κ1) is 34.4. The Morgan fingerprint density at radius 3 is 2.50 bits per heavy atom. The number of hydrogen-bond acceptors (Lipinski definition) is 10. The maximum atomic E-state index is 14.0. The first-order valence-corrected chi connectivity index (χ1v) is 18.7. The van der Waals surface area contributed by atoms with E-state index in [1.807, 2.05) is 6.92 Å². The summed E-state index contributed by atoms with van der Waals surface area (Å²) in [7, 11) is 0. The fourth-order valence-electron chi connectivity index (χ4n) is 7.52. The van der Waals surface area contributed by atoms with Crippen LogP contribution < -0.4 is 10.6 Å². The second-order valence-electron chi connectivity index (χ2n) is 13.7. The summed E-state index contributed by atoms with van der Waals surface area (Å²) in [6.07, 6.45) is 2.47. The van der Waals surface area contributed by atoms with Crippen molar-refractivity contribution < 1.29 is 29.6 Å². The van der Waals surface area contributed by atoms with Gasteiger partial charge in [-0.15, -0.1) is 23.5 Å². The predicted octanol–water partition coefficient (Wildman–Crippen LogP) is 2.85. The molecule has 4 aliphatic heterocycles. The van der Waals surface area contributed by atoms with Crippen LogP contribution in [0.15, 0.2) is 29.2 Å². The number of carbonyl (C=O) groups excluding carboxylic acids is 1. The molecule has 44 heavy (non-hydrogen) atoms. The fourth-order valence-corrected chi connectivity index (χ4v) is 9.29. The Bertz CT molecular complexity index is 1060. The van der Waals surface area contributed by atoms with Crippen molar-refractivity contribution in [3.8, 4) is 0 Å². The lowest BCUT2D eigenvalue weighted by atomic mass is 9.85. The number of aliphatic hydroxyl groups excluding tert-OH is 3. The van der Waals surface area contributed by atoms with Crippen LogP contribution in [0.3, 0.4) is 0 Å². The Morgan fingerprint density at radius 1 is 1.09 bits per heavy atom. The number of benzene rings is 1. The molecule has 9 nitrogen and oxygen atoms in total. The predicted molar refractivity (Wildman–Crippen MR) is 176 cm³/mol. The standard InChI is InChI=1S/C33H53N3O6S2/c1-19(2)15-22-11-14-41-30-23(16-22)17-34-26(30)32(40)35-25(31-28(38)27(37)29(39)33(42-31)43-4)20(3)44-24-9-7-21(8-10-24)18-36-12-5-6-13-36/h7-10,19-20,22-23,25-31,33-34,37-39H,5-6,11-18H2,1-4H3,(H,35,40)/t20-,22-,23-,25+,26-,27+,28?,29+,30+,31+,33?/m0/s1. The van der Waals surface area contributed by atoms with Crippen molar-refractivity contribution in [1.82, 2.24) is 15.5 Å². The number of likely N-dealkylation sites (tertiary alicyclic amines) is 1. The third-order valence-electron chi connectivity index (χ3n) is 9.81. The van der Waals surface area contributed by atoms with E-state index in [4.69, 9.17) is 9.47 Å². The van der Waals surface area contributed by atoms with Crippen LogP contribution in [0.4, 0.5) is 0 Å². The highest BCUT2D eigenvalue weighted by atomic mass is 32.2. The summed E-state index contributed by atoms with van der Waals surface area (Å²) < 4.78 is 12.5. The molecular formula is C33H53N3O6S2. The second kappa shape index (κ2) is 15.8. The number of fused-ring (bicyclic) bond motifs is 1. The van der Waals surface area contributed by atoms with Crippen molar-refractivity contribution in [2.75, 3.05) is 32.5 Å². The first-order valence-electron chi connectivity index (χ1n) is 16.5. The second-order valence-corrected chi connectivity index (χ2v) is 16.0. The average Bonchev–Trinajstić information content (AvgIpc) is 3.61. The van der Waals surface area contributed by atoms with E-state index in [-0.39, 0.29) is 23.2 Å². The van der Waals surface area contributed by atoms with Gasteiger partial charge < -0.3 is 35.4 Å². The van der Waals surface area contributed by atoms with Crippen LogP contribution in [0.1, 0.15) is 58.4 Å². The van der Waals surface area contributed by atoms with Crippen LogP contribution >= 0.6 is 23.5 Å². The zero-order valence-corrected chi connectivity index (χ0v) is 28.3. The molecule has 4 fully saturated rings. The lowest BCUT2D eigenvalue weighted by Gasteiger charge is -2.44. The van der Waals surface area contributed by atoms with Crippen LogP contribution in [0.25, 0.3) is 0 Å². The van der Waals surface area contributed by atoms with Gasteiger partial charge in [0.25, 0.3) is 0 Å². The van der Waals surface area contributed by atoms with E-state index < -0.39 is 41.9 Å². The molecule has 0 aliphatic carbocycles. The molecule has 4 aliphatic rings. The molecule has 4 saturated heterocycles. The van der Waals surface area contributed by atoms with E-state index >= 15 is 0 Å². The van der Waals surface area contributed by atoms with Gasteiger partial charge in [0, 0.05) is 29.8 Å². The normalized spacial score (nSPS) is 36.1. The average molecular weight is 652 g/mol. The fraction of sp³-hybridized carbons (Fsp3) is 0.788.